The number of amides is 1. The zero-order valence-electron chi connectivity index (χ0n) is 17.8. The smallest absolute Gasteiger partial charge is 0.262 e. The van der Waals surface area contributed by atoms with Gasteiger partial charge in [-0.3, -0.25) is 10.2 Å². The van der Waals surface area contributed by atoms with Gasteiger partial charge in [0.05, 0.1) is 13.3 Å². The molecule has 0 saturated carbocycles. The highest BCUT2D eigenvalue weighted by atomic mass is 32.1. The van der Waals surface area contributed by atoms with Crippen molar-refractivity contribution in [3.05, 3.63) is 83.9 Å². The number of hydrogen-bond acceptors (Lipinski definition) is 5. The van der Waals surface area contributed by atoms with Gasteiger partial charge in [-0.25, -0.2) is 0 Å². The van der Waals surface area contributed by atoms with Gasteiger partial charge in [-0.2, -0.15) is 5.10 Å². The number of ether oxygens (including phenoxy) is 2. The van der Waals surface area contributed by atoms with Gasteiger partial charge < -0.3 is 20.1 Å². The highest BCUT2D eigenvalue weighted by molar-refractivity contribution is 7.80. The molecular weight excluding hydrogens is 424 g/mol. The van der Waals surface area contributed by atoms with Gasteiger partial charge >= 0.3 is 0 Å². The summed E-state index contributed by atoms with van der Waals surface area (Å²) in [5, 5.41) is 10.4. The Morgan fingerprint density at radius 1 is 1.00 bits per heavy atom. The molecule has 3 aromatic carbocycles. The molecule has 0 aliphatic rings. The van der Waals surface area contributed by atoms with Gasteiger partial charge in [0.1, 0.15) is 0 Å². The van der Waals surface area contributed by atoms with E-state index in [1.807, 2.05) is 61.5 Å². The molecule has 3 N–H and O–H groups in total. The second-order valence-corrected chi connectivity index (χ2v) is 7.16. The molecule has 0 spiro atoms. The molecule has 0 fully saturated rings. The summed E-state index contributed by atoms with van der Waals surface area (Å²) < 4.78 is 11.0. The summed E-state index contributed by atoms with van der Waals surface area (Å²) in [4.78, 5) is 12.2. The van der Waals surface area contributed by atoms with E-state index in [0.717, 1.165) is 22.5 Å². The average molecular weight is 449 g/mol. The summed E-state index contributed by atoms with van der Waals surface area (Å²) in [5.41, 5.74) is 6.14. The van der Waals surface area contributed by atoms with Crippen molar-refractivity contribution in [1.29, 1.82) is 0 Å². The molecule has 0 radical (unpaired) electrons. The first-order valence-electron chi connectivity index (χ1n) is 9.86. The summed E-state index contributed by atoms with van der Waals surface area (Å²) in [7, 11) is 1.54. The Hall–Kier alpha value is -3.91. The van der Waals surface area contributed by atoms with Gasteiger partial charge in [0, 0.05) is 11.4 Å². The molecule has 0 heterocycles. The number of carbonyl (C=O) groups is 1. The fourth-order valence-corrected chi connectivity index (χ4v) is 2.94. The Morgan fingerprint density at radius 2 is 1.75 bits per heavy atom. The van der Waals surface area contributed by atoms with Crippen LogP contribution in [-0.2, 0) is 4.79 Å². The molecule has 0 aliphatic heterocycles. The Balaban J connectivity index is 1.53. The van der Waals surface area contributed by atoms with Crippen LogP contribution in [0, 0.1) is 6.92 Å². The van der Waals surface area contributed by atoms with Crippen molar-refractivity contribution >= 4 is 40.8 Å². The van der Waals surface area contributed by atoms with Crippen LogP contribution in [0.4, 0.5) is 11.4 Å². The summed E-state index contributed by atoms with van der Waals surface area (Å²) in [6.45, 7) is 1.79. The zero-order valence-corrected chi connectivity index (χ0v) is 18.6. The maximum absolute atomic E-state index is 12.2. The van der Waals surface area contributed by atoms with Crippen LogP contribution < -0.4 is 25.5 Å². The van der Waals surface area contributed by atoms with Gasteiger partial charge in [-0.05, 0) is 66.7 Å². The Kier molecular flexibility index (Phi) is 8.16. The fourth-order valence-electron chi connectivity index (χ4n) is 2.77. The van der Waals surface area contributed by atoms with Gasteiger partial charge in [0.25, 0.3) is 5.91 Å². The number of aryl methyl sites for hydroxylation is 1. The van der Waals surface area contributed by atoms with Crippen LogP contribution in [0.5, 0.6) is 11.5 Å². The van der Waals surface area contributed by atoms with E-state index in [-0.39, 0.29) is 12.5 Å². The molecule has 0 bridgehead atoms. The van der Waals surface area contributed by atoms with Crippen LogP contribution in [0.2, 0.25) is 0 Å². The lowest BCUT2D eigenvalue weighted by molar-refractivity contribution is -0.118. The molecular formula is C24H24N4O3S. The van der Waals surface area contributed by atoms with Crippen LogP contribution in [0.3, 0.4) is 0 Å². The average Bonchev–Trinajstić information content (AvgIpc) is 2.80. The summed E-state index contributed by atoms with van der Waals surface area (Å²) in [6, 6.07) is 22.4. The number of para-hydroxylation sites is 2. The SMILES string of the molecule is COc1cc(/C=N/NC(=S)Nc2ccccc2)ccc1OCC(=O)Nc1ccccc1C. The van der Waals surface area contributed by atoms with Gasteiger partial charge in [-0.1, -0.05) is 36.4 Å². The normalized spacial score (nSPS) is 10.4. The molecule has 0 aromatic heterocycles. The van der Waals surface area contributed by atoms with E-state index in [4.69, 9.17) is 21.7 Å². The van der Waals surface area contributed by atoms with E-state index in [9.17, 15) is 4.79 Å². The maximum atomic E-state index is 12.2. The second kappa shape index (κ2) is 11.5. The highest BCUT2D eigenvalue weighted by Gasteiger charge is 2.09. The molecule has 0 unspecified atom stereocenters. The van der Waals surface area contributed by atoms with Crippen molar-refractivity contribution in [3.8, 4) is 11.5 Å². The predicted molar refractivity (Wildman–Crippen MR) is 132 cm³/mol. The van der Waals surface area contributed by atoms with E-state index in [0.29, 0.717) is 16.6 Å². The summed E-state index contributed by atoms with van der Waals surface area (Å²) in [5.74, 6) is 0.692. The Bertz CT molecular complexity index is 1100. The fraction of sp³-hybridized carbons (Fsp3) is 0.125. The standard InChI is InChI=1S/C24H24N4O3S/c1-17-8-6-7-11-20(17)27-23(29)16-31-21-13-12-18(14-22(21)30-2)15-25-28-24(32)26-19-9-4-3-5-10-19/h3-15H,16H2,1-2H3,(H,27,29)(H2,26,28,32)/b25-15+. The lowest BCUT2D eigenvalue weighted by Gasteiger charge is -2.12. The third-order valence-corrected chi connectivity index (χ3v) is 4.57. The third kappa shape index (κ3) is 6.82. The minimum Gasteiger partial charge on any atom is -0.493 e. The first kappa shape index (κ1) is 22.8. The first-order chi connectivity index (χ1) is 15.5. The van der Waals surface area contributed by atoms with Crippen molar-refractivity contribution < 1.29 is 14.3 Å². The molecule has 0 aliphatic carbocycles. The van der Waals surface area contributed by atoms with Crippen molar-refractivity contribution in [2.45, 2.75) is 6.92 Å². The quantitative estimate of drug-likeness (QED) is 0.270. The minimum atomic E-state index is -0.254. The third-order valence-electron chi connectivity index (χ3n) is 4.38. The number of nitrogens with one attached hydrogen (secondary N) is 3. The van der Waals surface area contributed by atoms with Gasteiger partial charge in [0.15, 0.2) is 23.2 Å². The molecule has 0 atom stereocenters. The van der Waals surface area contributed by atoms with Crippen LogP contribution in [-0.4, -0.2) is 31.0 Å². The monoisotopic (exact) mass is 448 g/mol. The molecule has 3 aromatic rings. The second-order valence-electron chi connectivity index (χ2n) is 6.75. The maximum Gasteiger partial charge on any atom is 0.262 e. The number of anilines is 2. The Morgan fingerprint density at radius 3 is 2.50 bits per heavy atom. The van der Waals surface area contributed by atoms with Crippen LogP contribution >= 0.6 is 12.2 Å². The zero-order chi connectivity index (χ0) is 22.8. The molecule has 8 heteroatoms. The number of nitrogens with zero attached hydrogens (tertiary/aromatic N) is 1. The molecule has 7 nitrogen and oxygen atoms in total. The van der Waals surface area contributed by atoms with E-state index in [1.54, 1.807) is 24.4 Å². The number of methoxy groups -OCH3 is 1. The number of hydrazone groups is 1. The van der Waals surface area contributed by atoms with E-state index >= 15 is 0 Å². The van der Waals surface area contributed by atoms with Crippen LogP contribution in [0.1, 0.15) is 11.1 Å². The lowest BCUT2D eigenvalue weighted by atomic mass is 10.2. The van der Waals surface area contributed by atoms with E-state index in [1.165, 1.54) is 7.11 Å². The van der Waals surface area contributed by atoms with Crippen LogP contribution in [0.15, 0.2) is 77.9 Å². The van der Waals surface area contributed by atoms with Crippen molar-refractivity contribution in [2.75, 3.05) is 24.4 Å². The van der Waals surface area contributed by atoms with E-state index < -0.39 is 0 Å². The first-order valence-corrected chi connectivity index (χ1v) is 10.3. The van der Waals surface area contributed by atoms with Gasteiger partial charge in [0.2, 0.25) is 0 Å². The molecule has 0 saturated heterocycles. The highest BCUT2D eigenvalue weighted by Crippen LogP contribution is 2.27. The number of benzene rings is 3. The molecule has 1 amide bonds. The van der Waals surface area contributed by atoms with Gasteiger partial charge in [-0.15, -0.1) is 0 Å². The summed E-state index contributed by atoms with van der Waals surface area (Å²) >= 11 is 5.22. The lowest BCUT2D eigenvalue weighted by Crippen LogP contribution is -2.23. The van der Waals surface area contributed by atoms with E-state index in [2.05, 4.69) is 21.2 Å². The van der Waals surface area contributed by atoms with Crippen LogP contribution in [0.25, 0.3) is 0 Å². The Labute approximate surface area is 192 Å². The topological polar surface area (TPSA) is 84.0 Å². The minimum absolute atomic E-state index is 0.140. The predicted octanol–water partition coefficient (Wildman–Crippen LogP) is 4.34. The number of hydrogen-bond donors (Lipinski definition) is 3. The molecule has 32 heavy (non-hydrogen) atoms. The van der Waals surface area contributed by atoms with Crippen molar-refractivity contribution in [3.63, 3.8) is 0 Å². The molecule has 164 valence electrons. The number of thiocarbonyl (C=S) groups is 1. The molecule has 3 rings (SSSR count). The number of carbonyl (C=O) groups excluding carboxylic acids is 1. The van der Waals surface area contributed by atoms with Crippen molar-refractivity contribution in [2.24, 2.45) is 5.10 Å². The number of rotatable bonds is 8. The van der Waals surface area contributed by atoms with Crippen molar-refractivity contribution in [1.82, 2.24) is 5.43 Å². The summed E-state index contributed by atoms with van der Waals surface area (Å²) in [6.07, 6.45) is 1.61. The largest absolute Gasteiger partial charge is 0.493 e.